The predicted octanol–water partition coefficient (Wildman–Crippen LogP) is 1.26. The van der Waals surface area contributed by atoms with Gasteiger partial charge in [-0.25, -0.2) is 0 Å². The van der Waals surface area contributed by atoms with E-state index in [1.165, 1.54) is 12.0 Å². The van der Waals surface area contributed by atoms with E-state index in [1.807, 2.05) is 17.9 Å². The van der Waals surface area contributed by atoms with Gasteiger partial charge in [-0.3, -0.25) is 4.68 Å². The van der Waals surface area contributed by atoms with E-state index in [2.05, 4.69) is 35.5 Å². The summed E-state index contributed by atoms with van der Waals surface area (Å²) in [4.78, 5) is 2.39. The maximum Gasteiger partial charge on any atom is 0.0547 e. The summed E-state index contributed by atoms with van der Waals surface area (Å²) in [7, 11) is 4.15. The molecule has 0 saturated carbocycles. The molecule has 0 amide bonds. The minimum Gasteiger partial charge on any atom is -0.381 e. The van der Waals surface area contributed by atoms with Crippen molar-refractivity contribution in [1.29, 1.82) is 0 Å². The molecule has 1 fully saturated rings. The number of ether oxygens (including phenoxy) is 1. The smallest absolute Gasteiger partial charge is 0.0547 e. The summed E-state index contributed by atoms with van der Waals surface area (Å²) < 4.78 is 7.52. The molecule has 0 spiro atoms. The van der Waals surface area contributed by atoms with Gasteiger partial charge in [0.2, 0.25) is 0 Å². The van der Waals surface area contributed by atoms with Crippen LogP contribution in [0.5, 0.6) is 0 Å². The van der Waals surface area contributed by atoms with Gasteiger partial charge in [0.05, 0.1) is 12.8 Å². The molecule has 1 N–H and O–H groups in total. The van der Waals surface area contributed by atoms with Gasteiger partial charge in [0.1, 0.15) is 0 Å². The fraction of sp³-hybridized carbons (Fsp3) is 0.800. The molecule has 2 rings (SSSR count). The number of nitrogens with one attached hydrogen (secondary N) is 1. The SMILES string of the molecule is CCCNCC1(CN(C)Cc2cnn(C)c2)CCOC1. The summed E-state index contributed by atoms with van der Waals surface area (Å²) in [5.74, 6) is 0. The third-order valence-electron chi connectivity index (χ3n) is 3.93. The summed E-state index contributed by atoms with van der Waals surface area (Å²) in [6.07, 6.45) is 6.37. The highest BCUT2D eigenvalue weighted by Gasteiger charge is 2.35. The monoisotopic (exact) mass is 280 g/mol. The van der Waals surface area contributed by atoms with Crippen LogP contribution in [-0.4, -0.2) is 54.6 Å². The number of rotatable bonds is 8. The van der Waals surface area contributed by atoms with Crippen LogP contribution in [0.1, 0.15) is 25.3 Å². The van der Waals surface area contributed by atoms with Crippen molar-refractivity contribution in [2.45, 2.75) is 26.3 Å². The van der Waals surface area contributed by atoms with Crippen molar-refractivity contribution in [3.8, 4) is 0 Å². The molecular weight excluding hydrogens is 252 g/mol. The molecule has 1 atom stereocenters. The Morgan fingerprint density at radius 3 is 3.00 bits per heavy atom. The first kappa shape index (κ1) is 15.5. The van der Waals surface area contributed by atoms with Crippen LogP contribution in [0.25, 0.3) is 0 Å². The largest absolute Gasteiger partial charge is 0.381 e. The first-order chi connectivity index (χ1) is 9.63. The molecular formula is C15H28N4O. The van der Waals surface area contributed by atoms with Crippen LogP contribution in [0.15, 0.2) is 12.4 Å². The first-order valence-electron chi connectivity index (χ1n) is 7.58. The van der Waals surface area contributed by atoms with E-state index in [0.29, 0.717) is 0 Å². The zero-order valence-corrected chi connectivity index (χ0v) is 13.1. The van der Waals surface area contributed by atoms with E-state index < -0.39 is 0 Å². The first-order valence-corrected chi connectivity index (χ1v) is 7.58. The standard InChI is InChI=1S/C15H28N4O/c1-4-6-16-11-15(5-7-20-13-15)12-18(2)9-14-8-17-19(3)10-14/h8,10,16H,4-7,9,11-13H2,1-3H3. The van der Waals surface area contributed by atoms with Gasteiger partial charge in [-0.2, -0.15) is 5.10 Å². The molecule has 20 heavy (non-hydrogen) atoms. The fourth-order valence-corrected chi connectivity index (χ4v) is 2.99. The van der Waals surface area contributed by atoms with E-state index >= 15 is 0 Å². The molecule has 1 aromatic heterocycles. The van der Waals surface area contributed by atoms with E-state index in [-0.39, 0.29) is 5.41 Å². The molecule has 114 valence electrons. The minimum atomic E-state index is 0.270. The van der Waals surface area contributed by atoms with Crippen molar-refractivity contribution >= 4 is 0 Å². The third-order valence-corrected chi connectivity index (χ3v) is 3.93. The Morgan fingerprint density at radius 2 is 2.40 bits per heavy atom. The molecule has 1 aliphatic rings. The molecule has 0 bridgehead atoms. The molecule has 1 aromatic rings. The normalized spacial score (nSPS) is 22.8. The summed E-state index contributed by atoms with van der Waals surface area (Å²) in [5.41, 5.74) is 1.54. The molecule has 0 aliphatic carbocycles. The van der Waals surface area contributed by atoms with Crippen molar-refractivity contribution in [2.75, 3.05) is 39.9 Å². The molecule has 1 saturated heterocycles. The Morgan fingerprint density at radius 1 is 1.55 bits per heavy atom. The Hall–Kier alpha value is -0.910. The van der Waals surface area contributed by atoms with Gasteiger partial charge in [0, 0.05) is 50.5 Å². The van der Waals surface area contributed by atoms with E-state index in [1.54, 1.807) is 0 Å². The van der Waals surface area contributed by atoms with Crippen LogP contribution in [0.2, 0.25) is 0 Å². The van der Waals surface area contributed by atoms with Crippen molar-refractivity contribution in [2.24, 2.45) is 12.5 Å². The van der Waals surface area contributed by atoms with E-state index in [9.17, 15) is 0 Å². The van der Waals surface area contributed by atoms with Gasteiger partial charge >= 0.3 is 0 Å². The Balaban J connectivity index is 1.86. The van der Waals surface area contributed by atoms with Gasteiger partial charge in [-0.05, 0) is 26.4 Å². The van der Waals surface area contributed by atoms with Crippen molar-refractivity contribution < 1.29 is 4.74 Å². The number of aryl methyl sites for hydroxylation is 1. The van der Waals surface area contributed by atoms with E-state index in [4.69, 9.17) is 4.74 Å². The van der Waals surface area contributed by atoms with Gasteiger partial charge in [0.15, 0.2) is 0 Å². The summed E-state index contributed by atoms with van der Waals surface area (Å²) in [5, 5.41) is 7.80. The molecule has 5 heteroatoms. The van der Waals surface area contributed by atoms with Gasteiger partial charge in [-0.1, -0.05) is 6.92 Å². The second-order valence-electron chi connectivity index (χ2n) is 6.17. The molecule has 0 radical (unpaired) electrons. The Labute approximate surface area is 122 Å². The van der Waals surface area contributed by atoms with Gasteiger partial charge in [-0.15, -0.1) is 0 Å². The lowest BCUT2D eigenvalue weighted by Gasteiger charge is -2.32. The quantitative estimate of drug-likeness (QED) is 0.728. The average Bonchev–Trinajstić information content (AvgIpc) is 3.00. The van der Waals surface area contributed by atoms with Crippen molar-refractivity contribution in [3.63, 3.8) is 0 Å². The lowest BCUT2D eigenvalue weighted by molar-refractivity contribution is 0.116. The highest BCUT2D eigenvalue weighted by molar-refractivity contribution is 5.03. The molecule has 2 heterocycles. The highest BCUT2D eigenvalue weighted by atomic mass is 16.5. The number of nitrogens with zero attached hydrogens (tertiary/aromatic N) is 3. The summed E-state index contributed by atoms with van der Waals surface area (Å²) >= 11 is 0. The van der Waals surface area contributed by atoms with E-state index in [0.717, 1.165) is 45.8 Å². The van der Waals surface area contributed by atoms with Crippen LogP contribution in [0.4, 0.5) is 0 Å². The lowest BCUT2D eigenvalue weighted by Crippen LogP contribution is -2.43. The zero-order chi connectivity index (χ0) is 14.4. The molecule has 0 aromatic carbocycles. The van der Waals surface area contributed by atoms with Crippen LogP contribution in [0, 0.1) is 5.41 Å². The Kier molecular flexibility index (Phi) is 5.57. The summed E-state index contributed by atoms with van der Waals surface area (Å²) in [6, 6.07) is 0. The fourth-order valence-electron chi connectivity index (χ4n) is 2.99. The van der Waals surface area contributed by atoms with Crippen molar-refractivity contribution in [3.05, 3.63) is 18.0 Å². The van der Waals surface area contributed by atoms with Crippen LogP contribution >= 0.6 is 0 Å². The van der Waals surface area contributed by atoms with Crippen LogP contribution < -0.4 is 5.32 Å². The number of aromatic nitrogens is 2. The highest BCUT2D eigenvalue weighted by Crippen LogP contribution is 2.29. The number of hydrogen-bond acceptors (Lipinski definition) is 4. The van der Waals surface area contributed by atoms with Crippen LogP contribution in [-0.2, 0) is 18.3 Å². The second kappa shape index (κ2) is 7.20. The minimum absolute atomic E-state index is 0.270. The predicted molar refractivity (Wildman–Crippen MR) is 80.6 cm³/mol. The average molecular weight is 280 g/mol. The molecule has 1 aliphatic heterocycles. The number of hydrogen-bond donors (Lipinski definition) is 1. The molecule has 1 unspecified atom stereocenters. The van der Waals surface area contributed by atoms with Crippen LogP contribution in [0.3, 0.4) is 0 Å². The van der Waals surface area contributed by atoms with Gasteiger partial charge < -0.3 is 15.0 Å². The van der Waals surface area contributed by atoms with Gasteiger partial charge in [0.25, 0.3) is 0 Å². The van der Waals surface area contributed by atoms with Crippen molar-refractivity contribution in [1.82, 2.24) is 20.0 Å². The third kappa shape index (κ3) is 4.30. The summed E-state index contributed by atoms with van der Waals surface area (Å²) in [6.45, 7) is 8.14. The second-order valence-corrected chi connectivity index (χ2v) is 6.17. The maximum atomic E-state index is 5.66. The molecule has 5 nitrogen and oxygen atoms in total. The lowest BCUT2D eigenvalue weighted by atomic mass is 9.86. The topological polar surface area (TPSA) is 42.3 Å². The maximum absolute atomic E-state index is 5.66. The Bertz CT molecular complexity index is 398. The zero-order valence-electron chi connectivity index (χ0n) is 13.1.